The van der Waals surface area contributed by atoms with Crippen LogP contribution >= 0.6 is 0 Å². The van der Waals surface area contributed by atoms with Gasteiger partial charge >= 0.3 is 0 Å². The Hall–Kier alpha value is -0.940. The van der Waals surface area contributed by atoms with E-state index in [4.69, 9.17) is 0 Å². The van der Waals surface area contributed by atoms with E-state index in [0.29, 0.717) is 12.6 Å². The van der Waals surface area contributed by atoms with E-state index < -0.39 is 0 Å². The lowest BCUT2D eigenvalue weighted by Gasteiger charge is -2.34. The molecule has 0 radical (unpaired) electrons. The van der Waals surface area contributed by atoms with Crippen LogP contribution in [-0.4, -0.2) is 48.4 Å². The lowest BCUT2D eigenvalue weighted by Crippen LogP contribution is -2.59. The molecule has 2 saturated heterocycles. The van der Waals surface area contributed by atoms with Crippen LogP contribution in [0.4, 0.5) is 0 Å². The molecule has 2 fully saturated rings. The summed E-state index contributed by atoms with van der Waals surface area (Å²) < 4.78 is 0. The van der Waals surface area contributed by atoms with Gasteiger partial charge < -0.3 is 5.32 Å². The summed E-state index contributed by atoms with van der Waals surface area (Å²) in [4.78, 5) is 25.0. The Labute approximate surface area is 95.6 Å². The number of nitrogens with one attached hydrogen (secondary N) is 2. The molecular weight excluding hydrogens is 206 g/mol. The number of carbonyl (C=O) groups excluding carboxylic acids is 2. The van der Waals surface area contributed by atoms with Gasteiger partial charge in [0.1, 0.15) is 0 Å². The van der Waals surface area contributed by atoms with E-state index >= 15 is 0 Å². The first-order valence-electron chi connectivity index (χ1n) is 6.02. The van der Waals surface area contributed by atoms with Crippen LogP contribution in [0, 0.1) is 0 Å². The Bertz CT molecular complexity index is 287. The predicted molar refractivity (Wildman–Crippen MR) is 59.8 cm³/mol. The van der Waals surface area contributed by atoms with E-state index in [1.165, 1.54) is 6.42 Å². The van der Waals surface area contributed by atoms with Crippen LogP contribution in [0.1, 0.15) is 26.2 Å². The molecule has 0 aliphatic carbocycles. The van der Waals surface area contributed by atoms with Gasteiger partial charge in [-0.25, -0.2) is 0 Å². The average Bonchev–Trinajstić information content (AvgIpc) is 2.70. The van der Waals surface area contributed by atoms with E-state index in [2.05, 4.69) is 10.6 Å². The monoisotopic (exact) mass is 225 g/mol. The van der Waals surface area contributed by atoms with Gasteiger partial charge in [0.25, 0.3) is 0 Å². The number of amides is 2. The second-order valence-electron chi connectivity index (χ2n) is 4.56. The van der Waals surface area contributed by atoms with Crippen molar-refractivity contribution < 1.29 is 9.59 Å². The zero-order valence-corrected chi connectivity index (χ0v) is 9.66. The van der Waals surface area contributed by atoms with Crippen LogP contribution in [0.15, 0.2) is 0 Å². The molecule has 0 bridgehead atoms. The molecule has 16 heavy (non-hydrogen) atoms. The molecule has 2 unspecified atom stereocenters. The Morgan fingerprint density at radius 2 is 2.25 bits per heavy atom. The first-order valence-corrected chi connectivity index (χ1v) is 6.02. The van der Waals surface area contributed by atoms with Crippen LogP contribution in [0.5, 0.6) is 0 Å². The van der Waals surface area contributed by atoms with Gasteiger partial charge in [-0.15, -0.1) is 0 Å². The van der Waals surface area contributed by atoms with Crippen molar-refractivity contribution in [3.63, 3.8) is 0 Å². The van der Waals surface area contributed by atoms with Crippen molar-refractivity contribution in [1.29, 1.82) is 0 Å². The topological polar surface area (TPSA) is 61.4 Å². The molecule has 2 rings (SSSR count). The van der Waals surface area contributed by atoms with Crippen molar-refractivity contribution in [3.05, 3.63) is 0 Å². The third kappa shape index (κ3) is 2.41. The number of hydrogen-bond acceptors (Lipinski definition) is 4. The number of hydrogen-bond donors (Lipinski definition) is 2. The summed E-state index contributed by atoms with van der Waals surface area (Å²) in [6.45, 7) is 4.19. The van der Waals surface area contributed by atoms with Gasteiger partial charge in [-0.1, -0.05) is 6.92 Å². The highest BCUT2D eigenvalue weighted by atomic mass is 16.2. The molecule has 2 heterocycles. The smallest absolute Gasteiger partial charge is 0.243 e. The third-order valence-electron chi connectivity index (χ3n) is 3.36. The Kier molecular flexibility index (Phi) is 3.56. The standard InChI is InChI=1S/C11H19N3O2/c1-2-9-11(16)13-10(15)7-14(9)6-8-4-3-5-12-8/h8-9,12H,2-7H2,1H3,(H,13,15,16). The molecule has 2 N–H and O–H groups in total. The third-order valence-corrected chi connectivity index (χ3v) is 3.36. The lowest BCUT2D eigenvalue weighted by atomic mass is 10.1. The molecule has 5 heteroatoms. The van der Waals surface area contributed by atoms with Crippen LogP contribution in [0.2, 0.25) is 0 Å². The van der Waals surface area contributed by atoms with E-state index in [1.54, 1.807) is 0 Å². The van der Waals surface area contributed by atoms with Crippen molar-refractivity contribution in [2.24, 2.45) is 0 Å². The van der Waals surface area contributed by atoms with Gasteiger partial charge in [0, 0.05) is 12.6 Å². The van der Waals surface area contributed by atoms with E-state index in [-0.39, 0.29) is 17.9 Å². The maximum atomic E-state index is 11.6. The average molecular weight is 225 g/mol. The van der Waals surface area contributed by atoms with Crippen molar-refractivity contribution in [1.82, 2.24) is 15.5 Å². The number of rotatable bonds is 3. The minimum absolute atomic E-state index is 0.139. The quantitative estimate of drug-likeness (QED) is 0.634. The Morgan fingerprint density at radius 1 is 1.44 bits per heavy atom. The molecule has 0 saturated carbocycles. The molecule has 2 amide bonds. The zero-order chi connectivity index (χ0) is 11.5. The van der Waals surface area contributed by atoms with Crippen LogP contribution in [0.3, 0.4) is 0 Å². The lowest BCUT2D eigenvalue weighted by molar-refractivity contribution is -0.140. The molecule has 0 aromatic rings. The first kappa shape index (κ1) is 11.5. The summed E-state index contributed by atoms with van der Waals surface area (Å²) in [5.74, 6) is -0.315. The molecule has 0 spiro atoms. The summed E-state index contributed by atoms with van der Waals surface area (Å²) in [6, 6.07) is 0.299. The second-order valence-corrected chi connectivity index (χ2v) is 4.56. The Balaban J connectivity index is 1.98. The first-order chi connectivity index (χ1) is 7.70. The highest BCUT2D eigenvalue weighted by molar-refractivity contribution is 6.01. The summed E-state index contributed by atoms with van der Waals surface area (Å²) >= 11 is 0. The Morgan fingerprint density at radius 3 is 2.88 bits per heavy atom. The van der Waals surface area contributed by atoms with Crippen molar-refractivity contribution in [2.45, 2.75) is 38.3 Å². The maximum absolute atomic E-state index is 11.6. The summed E-state index contributed by atoms with van der Waals surface area (Å²) in [7, 11) is 0. The van der Waals surface area contributed by atoms with Crippen LogP contribution in [-0.2, 0) is 9.59 Å². The molecule has 90 valence electrons. The van der Waals surface area contributed by atoms with Gasteiger partial charge in [0.15, 0.2) is 0 Å². The van der Waals surface area contributed by atoms with Gasteiger partial charge in [-0.05, 0) is 25.8 Å². The molecule has 5 nitrogen and oxygen atoms in total. The fraction of sp³-hybridized carbons (Fsp3) is 0.818. The molecule has 2 atom stereocenters. The second kappa shape index (κ2) is 4.93. The van der Waals surface area contributed by atoms with Crippen molar-refractivity contribution >= 4 is 11.8 Å². The van der Waals surface area contributed by atoms with Gasteiger partial charge in [-0.2, -0.15) is 0 Å². The highest BCUT2D eigenvalue weighted by Gasteiger charge is 2.33. The van der Waals surface area contributed by atoms with Gasteiger partial charge in [0.2, 0.25) is 11.8 Å². The zero-order valence-electron chi connectivity index (χ0n) is 9.66. The van der Waals surface area contributed by atoms with Crippen molar-refractivity contribution in [3.8, 4) is 0 Å². The number of carbonyl (C=O) groups is 2. The largest absolute Gasteiger partial charge is 0.313 e. The van der Waals surface area contributed by atoms with Gasteiger partial charge in [-0.3, -0.25) is 19.8 Å². The fourth-order valence-electron chi connectivity index (χ4n) is 2.55. The minimum atomic E-state index is -0.173. The fourth-order valence-corrected chi connectivity index (χ4v) is 2.55. The summed E-state index contributed by atoms with van der Waals surface area (Å²) in [5.41, 5.74) is 0. The number of imide groups is 1. The molecule has 2 aliphatic heterocycles. The maximum Gasteiger partial charge on any atom is 0.243 e. The molecule has 2 aliphatic rings. The number of nitrogens with zero attached hydrogens (tertiary/aromatic N) is 1. The molecule has 0 aromatic carbocycles. The molecular formula is C11H19N3O2. The van der Waals surface area contributed by atoms with E-state index in [0.717, 1.165) is 25.9 Å². The summed E-state index contributed by atoms with van der Waals surface area (Å²) in [6.07, 6.45) is 3.09. The van der Waals surface area contributed by atoms with Crippen LogP contribution < -0.4 is 10.6 Å². The summed E-state index contributed by atoms with van der Waals surface area (Å²) in [5, 5.41) is 5.79. The normalized spacial score (nSPS) is 31.8. The minimum Gasteiger partial charge on any atom is -0.313 e. The van der Waals surface area contributed by atoms with Crippen LogP contribution in [0.25, 0.3) is 0 Å². The van der Waals surface area contributed by atoms with E-state index in [1.807, 2.05) is 11.8 Å². The number of piperazine rings is 1. The molecule has 0 aromatic heterocycles. The van der Waals surface area contributed by atoms with Crippen molar-refractivity contribution in [2.75, 3.05) is 19.6 Å². The van der Waals surface area contributed by atoms with Gasteiger partial charge in [0.05, 0.1) is 12.6 Å². The SMILES string of the molecule is CCC1C(=O)NC(=O)CN1CC1CCCN1. The highest BCUT2D eigenvalue weighted by Crippen LogP contribution is 2.13. The van der Waals surface area contributed by atoms with E-state index in [9.17, 15) is 9.59 Å². The predicted octanol–water partition coefficient (Wildman–Crippen LogP) is -0.525.